The summed E-state index contributed by atoms with van der Waals surface area (Å²) in [4.78, 5) is 8.76. The zero-order valence-corrected chi connectivity index (χ0v) is 14.3. The molecule has 0 saturated carbocycles. The minimum absolute atomic E-state index is 0.0677. The fourth-order valence-electron chi connectivity index (χ4n) is 2.48. The Labute approximate surface area is 145 Å². The third-order valence-electron chi connectivity index (χ3n) is 3.72. The number of tetrazole rings is 1. The van der Waals surface area contributed by atoms with Gasteiger partial charge < -0.3 is 4.89 Å². The molecule has 3 rings (SSSR count). The fourth-order valence-corrected chi connectivity index (χ4v) is 2.69. The lowest BCUT2D eigenvalue weighted by Crippen LogP contribution is -2.26. The quantitative estimate of drug-likeness (QED) is 0.417. The van der Waals surface area contributed by atoms with E-state index in [0.717, 1.165) is 16.7 Å². The minimum atomic E-state index is -2.98. The van der Waals surface area contributed by atoms with Crippen molar-refractivity contribution in [2.45, 2.75) is 12.5 Å². The van der Waals surface area contributed by atoms with Crippen LogP contribution in [0.3, 0.4) is 0 Å². The van der Waals surface area contributed by atoms with Crippen LogP contribution in [0.4, 0.5) is 0 Å². The van der Waals surface area contributed by atoms with Crippen LogP contribution in [-0.4, -0.2) is 32.2 Å². The molecular formula is C16H18N5O3P. The first-order chi connectivity index (χ1) is 12.2. The van der Waals surface area contributed by atoms with Gasteiger partial charge in [-0.3, -0.25) is 14.4 Å². The monoisotopic (exact) mass is 359 g/mol. The highest BCUT2D eigenvalue weighted by Crippen LogP contribution is 2.22. The summed E-state index contributed by atoms with van der Waals surface area (Å²) in [6.45, 7) is -0.0677. The summed E-state index contributed by atoms with van der Waals surface area (Å²) in [7, 11) is -2.98. The first-order valence-electron chi connectivity index (χ1n) is 7.69. The average Bonchev–Trinajstić information content (AvgIpc) is 3.16. The van der Waals surface area contributed by atoms with E-state index in [1.54, 1.807) is 0 Å². The van der Waals surface area contributed by atoms with Crippen LogP contribution in [0.5, 0.6) is 0 Å². The molecule has 0 aliphatic carbocycles. The molecule has 9 heteroatoms. The Morgan fingerprint density at radius 2 is 1.84 bits per heavy atom. The highest BCUT2D eigenvalue weighted by molar-refractivity contribution is 7.32. The van der Waals surface area contributed by atoms with Crippen molar-refractivity contribution < 1.29 is 14.0 Å². The molecule has 25 heavy (non-hydrogen) atoms. The Hall–Kier alpha value is -2.38. The number of H-pyrrole nitrogens is 1. The van der Waals surface area contributed by atoms with Gasteiger partial charge in [0, 0.05) is 0 Å². The van der Waals surface area contributed by atoms with Crippen molar-refractivity contribution in [2.75, 3.05) is 6.73 Å². The molecule has 1 aromatic heterocycles. The van der Waals surface area contributed by atoms with Gasteiger partial charge in [0.1, 0.15) is 6.73 Å². The maximum atomic E-state index is 10.7. The van der Waals surface area contributed by atoms with Gasteiger partial charge in [-0.15, -0.1) is 5.10 Å². The maximum absolute atomic E-state index is 10.7. The summed E-state index contributed by atoms with van der Waals surface area (Å²) < 4.78 is 15.4. The molecule has 3 N–H and O–H groups in total. The molecule has 1 unspecified atom stereocenters. The normalized spacial score (nSPS) is 13.5. The molecule has 8 nitrogen and oxygen atoms in total. The number of aromatic amines is 1. The highest BCUT2D eigenvalue weighted by Gasteiger charge is 2.16. The summed E-state index contributed by atoms with van der Waals surface area (Å²) in [6.07, 6.45) is 0.599. The third kappa shape index (κ3) is 5.04. The molecule has 0 spiro atoms. The van der Waals surface area contributed by atoms with Gasteiger partial charge in [-0.05, 0) is 33.5 Å². The molecule has 1 heterocycles. The summed E-state index contributed by atoms with van der Waals surface area (Å²) in [6, 6.07) is 18.1. The van der Waals surface area contributed by atoms with Gasteiger partial charge in [-0.2, -0.15) is 0 Å². The van der Waals surface area contributed by atoms with Gasteiger partial charge >= 0.3 is 8.25 Å². The molecule has 130 valence electrons. The van der Waals surface area contributed by atoms with E-state index in [-0.39, 0.29) is 12.8 Å². The lowest BCUT2D eigenvalue weighted by atomic mass is 10.0. The predicted octanol–water partition coefficient (Wildman–Crippen LogP) is 2.10. The van der Waals surface area contributed by atoms with Crippen molar-refractivity contribution >= 4 is 8.25 Å². The number of aromatic nitrogens is 4. The summed E-state index contributed by atoms with van der Waals surface area (Å²) in [5, 5.41) is 16.8. The van der Waals surface area contributed by atoms with Crippen LogP contribution in [0, 0.1) is 0 Å². The van der Waals surface area contributed by atoms with Crippen molar-refractivity contribution in [2.24, 2.45) is 0 Å². The number of rotatable bonds is 8. The minimum Gasteiger partial charge on any atom is -0.326 e. The smallest absolute Gasteiger partial charge is 0.317 e. The van der Waals surface area contributed by atoms with Gasteiger partial charge in [0.2, 0.25) is 0 Å². The van der Waals surface area contributed by atoms with Crippen LogP contribution >= 0.6 is 8.25 Å². The standard InChI is InChI=1S/C16H18N5O3P/c22-25(23)24-11-17-15(16-18-20-21-19-16)10-12-6-8-14(9-7-12)13-4-2-1-3-5-13/h1-9,15,17,25H,10-11H2,(H,22,23)(H,18,19,20,21)/t15-/m0/s1. The molecule has 0 bridgehead atoms. The maximum Gasteiger partial charge on any atom is 0.317 e. The molecular weight excluding hydrogens is 341 g/mol. The SMILES string of the molecule is O=[PH](O)OCN[C@@H](Cc1ccc(-c2ccccc2)cc1)c1nnn[nH]1. The van der Waals surface area contributed by atoms with Crippen LogP contribution in [0.1, 0.15) is 17.4 Å². The van der Waals surface area contributed by atoms with Crippen molar-refractivity contribution in [3.05, 3.63) is 66.0 Å². The van der Waals surface area contributed by atoms with Gasteiger partial charge in [-0.1, -0.05) is 54.6 Å². The molecule has 2 atom stereocenters. The lowest BCUT2D eigenvalue weighted by Gasteiger charge is -2.15. The van der Waals surface area contributed by atoms with Crippen LogP contribution in [0.2, 0.25) is 0 Å². The lowest BCUT2D eigenvalue weighted by molar-refractivity contribution is 0.239. The number of hydrogen-bond acceptors (Lipinski definition) is 6. The van der Waals surface area contributed by atoms with Crippen LogP contribution in [-0.2, 0) is 15.5 Å². The number of benzene rings is 2. The molecule has 0 aliphatic rings. The summed E-state index contributed by atoms with van der Waals surface area (Å²) in [5.41, 5.74) is 3.37. The van der Waals surface area contributed by atoms with Crippen LogP contribution < -0.4 is 5.32 Å². The van der Waals surface area contributed by atoms with E-state index in [9.17, 15) is 4.57 Å². The molecule has 3 aromatic rings. The number of nitrogens with zero attached hydrogens (tertiary/aromatic N) is 3. The Kier molecular flexibility index (Phi) is 6.03. The van der Waals surface area contributed by atoms with Crippen LogP contribution in [0.15, 0.2) is 54.6 Å². The number of nitrogens with one attached hydrogen (secondary N) is 2. The van der Waals surface area contributed by atoms with E-state index in [1.165, 1.54) is 0 Å². The van der Waals surface area contributed by atoms with Crippen LogP contribution in [0.25, 0.3) is 11.1 Å². The molecule has 0 radical (unpaired) electrons. The molecule has 2 aromatic carbocycles. The Morgan fingerprint density at radius 1 is 1.12 bits per heavy atom. The third-order valence-corrected chi connectivity index (χ3v) is 4.11. The van der Waals surface area contributed by atoms with Crippen molar-refractivity contribution in [3.63, 3.8) is 0 Å². The number of hydrogen-bond donors (Lipinski definition) is 3. The largest absolute Gasteiger partial charge is 0.326 e. The van der Waals surface area contributed by atoms with E-state index in [1.807, 2.05) is 30.3 Å². The van der Waals surface area contributed by atoms with Gasteiger partial charge in [-0.25, -0.2) is 5.10 Å². The Balaban J connectivity index is 1.69. The van der Waals surface area contributed by atoms with Gasteiger partial charge in [0.15, 0.2) is 5.82 Å². The fraction of sp³-hybridized carbons (Fsp3) is 0.188. The Bertz CT molecular complexity index is 796. The topological polar surface area (TPSA) is 113 Å². The van der Waals surface area contributed by atoms with Gasteiger partial charge in [0.05, 0.1) is 6.04 Å². The highest BCUT2D eigenvalue weighted by atomic mass is 31.1. The molecule has 0 amide bonds. The first kappa shape index (κ1) is 17.4. The summed E-state index contributed by atoms with van der Waals surface area (Å²) >= 11 is 0. The summed E-state index contributed by atoms with van der Waals surface area (Å²) in [5.74, 6) is 0.536. The van der Waals surface area contributed by atoms with Crippen molar-refractivity contribution in [1.82, 2.24) is 25.9 Å². The zero-order chi connectivity index (χ0) is 17.5. The molecule has 0 aliphatic heterocycles. The average molecular weight is 359 g/mol. The zero-order valence-electron chi connectivity index (χ0n) is 13.3. The van der Waals surface area contributed by atoms with E-state index < -0.39 is 8.25 Å². The van der Waals surface area contributed by atoms with E-state index >= 15 is 0 Å². The second-order valence-corrected chi connectivity index (χ2v) is 6.19. The first-order valence-corrected chi connectivity index (χ1v) is 8.96. The second kappa shape index (κ2) is 8.64. The van der Waals surface area contributed by atoms with E-state index in [2.05, 4.69) is 50.2 Å². The second-order valence-electron chi connectivity index (χ2n) is 5.36. The van der Waals surface area contributed by atoms with Gasteiger partial charge in [0.25, 0.3) is 0 Å². The van der Waals surface area contributed by atoms with Crippen molar-refractivity contribution in [1.29, 1.82) is 0 Å². The Morgan fingerprint density at radius 3 is 2.48 bits per heavy atom. The van der Waals surface area contributed by atoms with E-state index in [4.69, 9.17) is 9.42 Å². The van der Waals surface area contributed by atoms with Crippen molar-refractivity contribution in [3.8, 4) is 11.1 Å². The molecule has 0 fully saturated rings. The molecule has 0 saturated heterocycles. The van der Waals surface area contributed by atoms with E-state index in [0.29, 0.717) is 12.2 Å². The predicted molar refractivity (Wildman–Crippen MR) is 92.8 cm³/mol.